The molecule has 3 nitrogen and oxygen atoms in total. The van der Waals surface area contributed by atoms with E-state index in [4.69, 9.17) is 27.7 Å². The van der Waals surface area contributed by atoms with Crippen LogP contribution in [0.3, 0.4) is 0 Å². The van der Waals surface area contributed by atoms with Gasteiger partial charge in [-0.3, -0.25) is 4.57 Å². The van der Waals surface area contributed by atoms with E-state index < -0.39 is 13.3 Å². The minimum Gasteiger partial charge on any atom is -0.427 e. The average molecular weight is 334 g/mol. The van der Waals surface area contributed by atoms with Crippen LogP contribution in [0.5, 0.6) is 5.75 Å². The largest absolute Gasteiger partial charge is 0.427 e. The van der Waals surface area contributed by atoms with Crippen molar-refractivity contribution in [1.29, 1.82) is 0 Å². The fraction of sp³-hybridized carbons (Fsp3) is 0.0769. The fourth-order valence-electron chi connectivity index (χ4n) is 1.54. The number of halogens is 3. The zero-order valence-corrected chi connectivity index (χ0v) is 12.8. The summed E-state index contributed by atoms with van der Waals surface area (Å²) in [6.07, 6.45) is 0. The Balaban J connectivity index is 2.22. The predicted molar refractivity (Wildman–Crippen MR) is 80.6 cm³/mol. The minimum absolute atomic E-state index is 0.0940. The van der Waals surface area contributed by atoms with Crippen LogP contribution in [0.25, 0.3) is 0 Å². The molecule has 0 aliphatic rings. The second-order valence-electron chi connectivity index (χ2n) is 4.08. The zero-order valence-electron chi connectivity index (χ0n) is 10.4. The molecule has 1 N–H and O–H groups in total. The highest BCUT2D eigenvalue weighted by molar-refractivity contribution is 7.60. The zero-order chi connectivity index (χ0) is 14.8. The first kappa shape index (κ1) is 15.2. The van der Waals surface area contributed by atoms with Crippen LogP contribution in [0, 0.1) is 5.82 Å². The van der Waals surface area contributed by atoms with Crippen molar-refractivity contribution in [2.75, 3.05) is 11.8 Å². The first-order chi connectivity index (χ1) is 9.39. The topological polar surface area (TPSA) is 38.3 Å². The summed E-state index contributed by atoms with van der Waals surface area (Å²) in [5.74, 6) is -0.343. The molecule has 0 heterocycles. The summed E-state index contributed by atoms with van der Waals surface area (Å²) in [6.45, 7) is 1.33. The smallest absolute Gasteiger partial charge is 0.338 e. The van der Waals surface area contributed by atoms with Gasteiger partial charge < -0.3 is 9.61 Å². The van der Waals surface area contributed by atoms with Gasteiger partial charge in [0.05, 0.1) is 10.7 Å². The highest BCUT2D eigenvalue weighted by Gasteiger charge is 2.21. The number of para-hydroxylation sites is 1. The van der Waals surface area contributed by atoms with Gasteiger partial charge >= 0.3 is 7.52 Å². The lowest BCUT2D eigenvalue weighted by molar-refractivity contribution is 0.493. The molecule has 20 heavy (non-hydrogen) atoms. The molecule has 1 unspecified atom stereocenters. The third kappa shape index (κ3) is 3.66. The highest BCUT2D eigenvalue weighted by atomic mass is 35.5. The molecule has 2 aromatic carbocycles. The molecule has 0 aliphatic heterocycles. The maximum absolute atomic E-state index is 13.5. The van der Waals surface area contributed by atoms with Crippen molar-refractivity contribution in [3.05, 3.63) is 58.3 Å². The monoisotopic (exact) mass is 333 g/mol. The second-order valence-corrected chi connectivity index (χ2v) is 6.96. The maximum Gasteiger partial charge on any atom is 0.338 e. The summed E-state index contributed by atoms with van der Waals surface area (Å²) in [7, 11) is -3.34. The molecular weight excluding hydrogens is 323 g/mol. The van der Waals surface area contributed by atoms with Crippen molar-refractivity contribution in [1.82, 2.24) is 0 Å². The Kier molecular flexibility index (Phi) is 4.59. The molecule has 0 saturated carbocycles. The van der Waals surface area contributed by atoms with Crippen LogP contribution in [0.1, 0.15) is 0 Å². The average Bonchev–Trinajstić information content (AvgIpc) is 2.37. The van der Waals surface area contributed by atoms with E-state index in [9.17, 15) is 8.96 Å². The van der Waals surface area contributed by atoms with Gasteiger partial charge in [-0.2, -0.15) is 0 Å². The molecule has 0 spiro atoms. The molecule has 1 atom stereocenters. The molecule has 7 heteroatoms. The van der Waals surface area contributed by atoms with Crippen LogP contribution < -0.4 is 9.61 Å². The molecule has 0 bridgehead atoms. The number of rotatable bonds is 4. The van der Waals surface area contributed by atoms with E-state index in [1.54, 1.807) is 18.2 Å². The first-order valence-corrected chi connectivity index (χ1v) is 8.46. The van der Waals surface area contributed by atoms with E-state index >= 15 is 0 Å². The molecule has 0 amide bonds. The summed E-state index contributed by atoms with van der Waals surface area (Å²) in [5.41, 5.74) is 0.0940. The molecule has 106 valence electrons. The van der Waals surface area contributed by atoms with Crippen LogP contribution in [0.2, 0.25) is 10.0 Å². The molecular formula is C13H11Cl2FNO2P. The van der Waals surface area contributed by atoms with Gasteiger partial charge in [0, 0.05) is 6.66 Å². The van der Waals surface area contributed by atoms with Gasteiger partial charge in [0.25, 0.3) is 0 Å². The van der Waals surface area contributed by atoms with Gasteiger partial charge in [0.1, 0.15) is 16.6 Å². The van der Waals surface area contributed by atoms with E-state index in [0.717, 1.165) is 0 Å². The van der Waals surface area contributed by atoms with E-state index in [-0.39, 0.29) is 21.5 Å². The van der Waals surface area contributed by atoms with Crippen LogP contribution in [0.4, 0.5) is 10.1 Å². The van der Waals surface area contributed by atoms with E-state index in [1.165, 1.54) is 30.9 Å². The normalized spacial score (nSPS) is 13.6. The number of nitrogens with one attached hydrogen (secondary N) is 1. The number of benzene rings is 2. The lowest BCUT2D eigenvalue weighted by atomic mass is 10.3. The third-order valence-corrected chi connectivity index (χ3v) is 4.38. The van der Waals surface area contributed by atoms with Crippen molar-refractivity contribution < 1.29 is 13.5 Å². The molecule has 0 saturated heterocycles. The van der Waals surface area contributed by atoms with E-state index in [1.807, 2.05) is 0 Å². The predicted octanol–water partition coefficient (Wildman–Crippen LogP) is 5.45. The second kappa shape index (κ2) is 6.04. The molecule has 0 aromatic heterocycles. The standard InChI is InChI=1S/C13H11Cl2FNO2P/c1-20(18,17-11-7-3-2-6-10(11)16)19-12-8-4-5-9(14)13(12)15/h2-8H,1H3,(H,17,18). The lowest BCUT2D eigenvalue weighted by Gasteiger charge is -2.18. The van der Waals surface area contributed by atoms with Gasteiger partial charge in [0.15, 0.2) is 0 Å². The SMILES string of the molecule is CP(=O)(Nc1ccccc1F)Oc1cccc(Cl)c1Cl. The van der Waals surface area contributed by atoms with Gasteiger partial charge in [-0.05, 0) is 24.3 Å². The molecule has 0 fully saturated rings. The number of hydrogen-bond acceptors (Lipinski definition) is 2. The summed E-state index contributed by atoms with van der Waals surface area (Å²) in [4.78, 5) is 0. The highest BCUT2D eigenvalue weighted by Crippen LogP contribution is 2.46. The third-order valence-electron chi connectivity index (χ3n) is 2.39. The van der Waals surface area contributed by atoms with Crippen LogP contribution >= 0.6 is 30.7 Å². The minimum atomic E-state index is -3.34. The summed E-state index contributed by atoms with van der Waals surface area (Å²) >= 11 is 11.8. The summed E-state index contributed by atoms with van der Waals surface area (Å²) < 4.78 is 31.2. The molecule has 0 aliphatic carbocycles. The van der Waals surface area contributed by atoms with Crippen molar-refractivity contribution in [2.45, 2.75) is 0 Å². The maximum atomic E-state index is 13.5. The molecule has 2 aromatic rings. The van der Waals surface area contributed by atoms with Gasteiger partial charge in [-0.25, -0.2) is 4.39 Å². The van der Waals surface area contributed by atoms with Gasteiger partial charge in [0.2, 0.25) is 0 Å². The molecule has 2 rings (SSSR count). The summed E-state index contributed by atoms with van der Waals surface area (Å²) in [6, 6.07) is 10.6. The van der Waals surface area contributed by atoms with E-state index in [2.05, 4.69) is 5.09 Å². The van der Waals surface area contributed by atoms with Crippen LogP contribution in [0.15, 0.2) is 42.5 Å². The Hall–Kier alpha value is -1.22. The van der Waals surface area contributed by atoms with Crippen LogP contribution in [-0.4, -0.2) is 6.66 Å². The van der Waals surface area contributed by atoms with Crippen LogP contribution in [-0.2, 0) is 4.57 Å². The van der Waals surface area contributed by atoms with Crippen molar-refractivity contribution in [3.63, 3.8) is 0 Å². The fourth-order valence-corrected chi connectivity index (χ4v) is 3.11. The van der Waals surface area contributed by atoms with Gasteiger partial charge in [-0.15, -0.1) is 0 Å². The number of hydrogen-bond donors (Lipinski definition) is 1. The Bertz CT molecular complexity index is 681. The Morgan fingerprint density at radius 2 is 1.85 bits per heavy atom. The molecule has 0 radical (unpaired) electrons. The van der Waals surface area contributed by atoms with Crippen molar-refractivity contribution >= 4 is 36.4 Å². The van der Waals surface area contributed by atoms with Crippen molar-refractivity contribution in [2.24, 2.45) is 0 Å². The Morgan fingerprint density at radius 3 is 2.55 bits per heavy atom. The quantitative estimate of drug-likeness (QED) is 0.756. The Labute approximate surface area is 126 Å². The lowest BCUT2D eigenvalue weighted by Crippen LogP contribution is -2.04. The van der Waals surface area contributed by atoms with Gasteiger partial charge in [-0.1, -0.05) is 41.4 Å². The number of anilines is 1. The summed E-state index contributed by atoms with van der Waals surface area (Å²) in [5, 5.41) is 2.98. The first-order valence-electron chi connectivity index (χ1n) is 5.63. The van der Waals surface area contributed by atoms with E-state index in [0.29, 0.717) is 0 Å². The van der Waals surface area contributed by atoms with Crippen molar-refractivity contribution in [3.8, 4) is 5.75 Å². The Morgan fingerprint density at radius 1 is 1.15 bits per heavy atom.